The Morgan fingerprint density at radius 1 is 1.44 bits per heavy atom. The lowest BCUT2D eigenvalue weighted by Crippen LogP contribution is -2.21. The molecule has 0 atom stereocenters. The van der Waals surface area contributed by atoms with Crippen LogP contribution in [0.2, 0.25) is 0 Å². The minimum absolute atomic E-state index is 0.589. The summed E-state index contributed by atoms with van der Waals surface area (Å²) >= 11 is 0. The SMILES string of the molecule is CN(C)CCNc1nncc(NC2CC2)n1. The van der Waals surface area contributed by atoms with E-state index < -0.39 is 0 Å². The molecule has 0 aromatic carbocycles. The summed E-state index contributed by atoms with van der Waals surface area (Å²) in [6.07, 6.45) is 4.12. The van der Waals surface area contributed by atoms with Crippen LogP contribution in [0.4, 0.5) is 11.8 Å². The highest BCUT2D eigenvalue weighted by Gasteiger charge is 2.21. The summed E-state index contributed by atoms with van der Waals surface area (Å²) in [5, 5.41) is 14.3. The van der Waals surface area contributed by atoms with Crippen LogP contribution in [-0.2, 0) is 0 Å². The van der Waals surface area contributed by atoms with E-state index in [2.05, 4.69) is 30.7 Å². The van der Waals surface area contributed by atoms with Gasteiger partial charge in [-0.15, -0.1) is 5.10 Å². The first-order valence-electron chi connectivity index (χ1n) is 5.59. The molecule has 0 amide bonds. The third-order valence-corrected chi connectivity index (χ3v) is 2.33. The van der Waals surface area contributed by atoms with Crippen molar-refractivity contribution in [2.45, 2.75) is 18.9 Å². The number of hydrogen-bond acceptors (Lipinski definition) is 6. The van der Waals surface area contributed by atoms with E-state index >= 15 is 0 Å². The number of nitrogens with zero attached hydrogens (tertiary/aromatic N) is 4. The molecule has 2 N–H and O–H groups in total. The van der Waals surface area contributed by atoms with Gasteiger partial charge in [-0.05, 0) is 26.9 Å². The van der Waals surface area contributed by atoms with Crippen LogP contribution in [0.25, 0.3) is 0 Å². The van der Waals surface area contributed by atoms with Crippen molar-refractivity contribution < 1.29 is 0 Å². The van der Waals surface area contributed by atoms with Crippen LogP contribution in [0, 0.1) is 0 Å². The first-order valence-corrected chi connectivity index (χ1v) is 5.59. The minimum Gasteiger partial charge on any atom is -0.366 e. The van der Waals surface area contributed by atoms with Gasteiger partial charge >= 0.3 is 0 Å². The molecule has 1 aromatic rings. The largest absolute Gasteiger partial charge is 0.366 e. The van der Waals surface area contributed by atoms with E-state index in [0.29, 0.717) is 12.0 Å². The van der Waals surface area contributed by atoms with Gasteiger partial charge in [-0.1, -0.05) is 0 Å². The van der Waals surface area contributed by atoms with Crippen molar-refractivity contribution in [3.8, 4) is 0 Å². The van der Waals surface area contributed by atoms with Gasteiger partial charge in [-0.2, -0.15) is 10.1 Å². The lowest BCUT2D eigenvalue weighted by molar-refractivity contribution is 0.425. The van der Waals surface area contributed by atoms with Gasteiger partial charge in [-0.25, -0.2) is 0 Å². The van der Waals surface area contributed by atoms with Gasteiger partial charge in [0.1, 0.15) is 0 Å². The van der Waals surface area contributed by atoms with Crippen molar-refractivity contribution in [2.24, 2.45) is 0 Å². The molecule has 0 bridgehead atoms. The topological polar surface area (TPSA) is 66.0 Å². The molecule has 88 valence electrons. The van der Waals surface area contributed by atoms with Crippen LogP contribution >= 0.6 is 0 Å². The Bertz CT molecular complexity index is 336. The Kier molecular flexibility index (Phi) is 3.51. The number of anilines is 2. The van der Waals surface area contributed by atoms with Gasteiger partial charge < -0.3 is 15.5 Å². The third kappa shape index (κ3) is 3.62. The maximum absolute atomic E-state index is 4.34. The van der Waals surface area contributed by atoms with Gasteiger partial charge in [-0.3, -0.25) is 0 Å². The molecule has 1 aliphatic rings. The predicted molar refractivity (Wildman–Crippen MR) is 63.5 cm³/mol. The maximum atomic E-state index is 4.34. The number of hydrogen-bond donors (Lipinski definition) is 2. The van der Waals surface area contributed by atoms with Crippen LogP contribution in [0.1, 0.15) is 12.8 Å². The molecule has 0 spiro atoms. The van der Waals surface area contributed by atoms with Crippen molar-refractivity contribution in [2.75, 3.05) is 37.8 Å². The Morgan fingerprint density at radius 2 is 2.25 bits per heavy atom. The smallest absolute Gasteiger partial charge is 0.244 e. The summed E-state index contributed by atoms with van der Waals surface area (Å²) in [5.41, 5.74) is 0. The Hall–Kier alpha value is -1.43. The number of likely N-dealkylation sites (N-methyl/N-ethyl adjacent to an activating group) is 1. The Labute approximate surface area is 95.5 Å². The number of nitrogens with one attached hydrogen (secondary N) is 2. The molecule has 0 unspecified atom stereocenters. The van der Waals surface area contributed by atoms with E-state index in [4.69, 9.17) is 0 Å². The van der Waals surface area contributed by atoms with E-state index in [1.807, 2.05) is 14.1 Å². The van der Waals surface area contributed by atoms with Crippen LogP contribution in [0.3, 0.4) is 0 Å². The monoisotopic (exact) mass is 222 g/mol. The highest BCUT2D eigenvalue weighted by Crippen LogP contribution is 2.23. The second-order valence-corrected chi connectivity index (χ2v) is 4.31. The molecule has 2 rings (SSSR count). The highest BCUT2D eigenvalue weighted by atomic mass is 15.3. The lowest BCUT2D eigenvalue weighted by Gasteiger charge is -2.10. The summed E-state index contributed by atoms with van der Waals surface area (Å²) in [4.78, 5) is 6.44. The second kappa shape index (κ2) is 5.07. The van der Waals surface area contributed by atoms with E-state index in [-0.39, 0.29) is 0 Å². The molecule has 1 aromatic heterocycles. The fourth-order valence-electron chi connectivity index (χ4n) is 1.28. The molecule has 0 radical (unpaired) electrons. The Morgan fingerprint density at radius 3 is 2.94 bits per heavy atom. The first kappa shape index (κ1) is 11.1. The molecule has 1 heterocycles. The molecule has 6 heteroatoms. The molecule has 0 aliphatic heterocycles. The average molecular weight is 222 g/mol. The van der Waals surface area contributed by atoms with Crippen molar-refractivity contribution in [3.63, 3.8) is 0 Å². The number of aromatic nitrogens is 3. The minimum atomic E-state index is 0.589. The van der Waals surface area contributed by atoms with Gasteiger partial charge in [0.25, 0.3) is 0 Å². The molecule has 1 aliphatic carbocycles. The molecule has 1 saturated carbocycles. The van der Waals surface area contributed by atoms with Gasteiger partial charge in [0.05, 0.1) is 6.20 Å². The predicted octanol–water partition coefficient (Wildman–Crippen LogP) is 0.419. The summed E-state index contributed by atoms with van der Waals surface area (Å²) in [6.45, 7) is 1.77. The van der Waals surface area contributed by atoms with E-state index in [0.717, 1.165) is 18.9 Å². The Balaban J connectivity index is 1.83. The van der Waals surface area contributed by atoms with Crippen LogP contribution in [0.5, 0.6) is 0 Å². The molecule has 1 fully saturated rings. The quantitative estimate of drug-likeness (QED) is 0.727. The van der Waals surface area contributed by atoms with Crippen LogP contribution in [0.15, 0.2) is 6.20 Å². The third-order valence-electron chi connectivity index (χ3n) is 2.33. The van der Waals surface area contributed by atoms with Gasteiger partial charge in [0, 0.05) is 19.1 Å². The summed E-state index contributed by atoms with van der Waals surface area (Å²) in [7, 11) is 4.07. The van der Waals surface area contributed by atoms with Crippen LogP contribution < -0.4 is 10.6 Å². The zero-order valence-electron chi connectivity index (χ0n) is 9.77. The fourth-order valence-corrected chi connectivity index (χ4v) is 1.28. The van der Waals surface area contributed by atoms with Gasteiger partial charge in [0.15, 0.2) is 5.82 Å². The summed E-state index contributed by atoms with van der Waals surface area (Å²) < 4.78 is 0. The van der Waals surface area contributed by atoms with Crippen molar-refractivity contribution >= 4 is 11.8 Å². The van der Waals surface area contributed by atoms with E-state index in [1.165, 1.54) is 12.8 Å². The van der Waals surface area contributed by atoms with Crippen LogP contribution in [-0.4, -0.2) is 53.3 Å². The van der Waals surface area contributed by atoms with Gasteiger partial charge in [0.2, 0.25) is 5.95 Å². The van der Waals surface area contributed by atoms with Crippen molar-refractivity contribution in [1.82, 2.24) is 20.1 Å². The second-order valence-electron chi connectivity index (χ2n) is 4.31. The highest BCUT2D eigenvalue weighted by molar-refractivity contribution is 5.38. The molecule has 16 heavy (non-hydrogen) atoms. The molecular formula is C10H18N6. The lowest BCUT2D eigenvalue weighted by atomic mass is 10.6. The number of rotatable bonds is 6. The molecule has 0 saturated heterocycles. The first-order chi connectivity index (χ1) is 7.74. The average Bonchev–Trinajstić information content (AvgIpc) is 3.02. The zero-order valence-corrected chi connectivity index (χ0v) is 9.77. The van der Waals surface area contributed by atoms with Crippen molar-refractivity contribution in [1.29, 1.82) is 0 Å². The summed E-state index contributed by atoms with van der Waals surface area (Å²) in [6, 6.07) is 0.589. The van der Waals surface area contributed by atoms with E-state index in [9.17, 15) is 0 Å². The zero-order chi connectivity index (χ0) is 11.4. The standard InChI is InChI=1S/C10H18N6/c1-16(2)6-5-11-10-14-9(7-12-15-10)13-8-3-4-8/h7-8H,3-6H2,1-2H3,(H2,11,13,14,15). The normalized spacial score (nSPS) is 15.2. The van der Waals surface area contributed by atoms with E-state index in [1.54, 1.807) is 6.20 Å². The molecule has 6 nitrogen and oxygen atoms in total. The fraction of sp³-hybridized carbons (Fsp3) is 0.700. The molecular weight excluding hydrogens is 204 g/mol. The van der Waals surface area contributed by atoms with Crippen molar-refractivity contribution in [3.05, 3.63) is 6.20 Å². The summed E-state index contributed by atoms with van der Waals surface area (Å²) in [5.74, 6) is 1.40. The maximum Gasteiger partial charge on any atom is 0.244 e.